The number of nitrogens with zero attached hydrogens (tertiary/aromatic N) is 5. The molecule has 5 rings (SSSR count). The molecule has 1 aliphatic heterocycles. The summed E-state index contributed by atoms with van der Waals surface area (Å²) in [5, 5.41) is 23.9. The van der Waals surface area contributed by atoms with Crippen LogP contribution in [0.2, 0.25) is 0 Å². The van der Waals surface area contributed by atoms with Crippen molar-refractivity contribution >= 4 is 39.8 Å². The smallest absolute Gasteiger partial charge is 0.286 e. The number of methoxy groups -OCH3 is 2. The number of likely N-dealkylation sites (N-methyl/N-ethyl adjacent to an activating group) is 1. The Morgan fingerprint density at radius 3 is 2.20 bits per heavy atom. The number of aromatic amines is 1. The molecule has 1 aliphatic rings. The van der Waals surface area contributed by atoms with Crippen molar-refractivity contribution in [2.45, 2.75) is 12.5 Å². The van der Waals surface area contributed by atoms with Crippen LogP contribution in [0, 0.1) is 20.2 Å². The van der Waals surface area contributed by atoms with Crippen LogP contribution in [0.25, 0.3) is 10.9 Å². The number of carbonyl (C=O) groups excluding carboxylic acids is 2. The standard InChI is InChI=1S/C31H32N6O8/c1-33(30(38)24-17-28(44-2)29(45-3)18-26(24)37(42)43)27(16-20-19-32-25-7-5-4-6-23(20)25)31(39)35-14-12-34(13-15-35)21-8-10-22(11-9-21)36(40)41/h4-11,17-19,27,32H,12-16H2,1-3H3/t27-/m0/s1. The van der Waals surface area contributed by atoms with E-state index in [0.717, 1.165) is 28.2 Å². The highest BCUT2D eigenvalue weighted by Crippen LogP contribution is 2.35. The van der Waals surface area contributed by atoms with Crippen LogP contribution in [0.5, 0.6) is 11.5 Å². The van der Waals surface area contributed by atoms with Gasteiger partial charge in [0.25, 0.3) is 17.3 Å². The lowest BCUT2D eigenvalue weighted by Gasteiger charge is -2.39. The molecule has 1 fully saturated rings. The van der Waals surface area contributed by atoms with Gasteiger partial charge in [-0.25, -0.2) is 0 Å². The van der Waals surface area contributed by atoms with Gasteiger partial charge in [-0.05, 0) is 23.8 Å². The summed E-state index contributed by atoms with van der Waals surface area (Å²) in [6, 6.07) is 15.3. The molecular formula is C31H32N6O8. The maximum Gasteiger partial charge on any atom is 0.286 e. The Bertz CT molecular complexity index is 1750. The fourth-order valence-corrected chi connectivity index (χ4v) is 5.60. The van der Waals surface area contributed by atoms with Crippen LogP contribution in [-0.4, -0.2) is 89.9 Å². The van der Waals surface area contributed by atoms with Gasteiger partial charge in [-0.3, -0.25) is 29.8 Å². The number of nitro groups is 2. The summed E-state index contributed by atoms with van der Waals surface area (Å²) in [5.74, 6) is -0.782. The van der Waals surface area contributed by atoms with Crippen LogP contribution in [0.4, 0.5) is 17.1 Å². The summed E-state index contributed by atoms with van der Waals surface area (Å²) in [6.07, 6.45) is 1.96. The van der Waals surface area contributed by atoms with Crippen molar-refractivity contribution in [2.75, 3.05) is 52.3 Å². The number of para-hydroxylation sites is 1. The van der Waals surface area contributed by atoms with Gasteiger partial charge in [-0.1, -0.05) is 18.2 Å². The van der Waals surface area contributed by atoms with Crippen LogP contribution in [0.1, 0.15) is 15.9 Å². The number of nitro benzene ring substituents is 2. The molecule has 0 unspecified atom stereocenters. The fourth-order valence-electron chi connectivity index (χ4n) is 5.60. The SMILES string of the molecule is COc1cc(C(=O)N(C)[C@@H](Cc2c[nH]c3ccccc23)C(=O)N2CCN(c3ccc([N+](=O)[O-])cc3)CC2)c([N+](=O)[O-])cc1OC. The van der Waals surface area contributed by atoms with Gasteiger partial charge in [0.05, 0.1) is 30.1 Å². The van der Waals surface area contributed by atoms with Gasteiger partial charge in [-0.15, -0.1) is 0 Å². The number of hydrogen-bond donors (Lipinski definition) is 1. The van der Waals surface area contributed by atoms with Crippen LogP contribution in [0.3, 0.4) is 0 Å². The quantitative estimate of drug-likeness (QED) is 0.205. The summed E-state index contributed by atoms with van der Waals surface area (Å²) in [7, 11) is 4.17. The maximum absolute atomic E-state index is 14.2. The van der Waals surface area contributed by atoms with Crippen molar-refractivity contribution in [1.82, 2.24) is 14.8 Å². The lowest BCUT2D eigenvalue weighted by atomic mass is 10.0. The number of hydrogen-bond acceptors (Lipinski definition) is 9. The van der Waals surface area contributed by atoms with E-state index in [1.165, 1.54) is 44.4 Å². The number of piperazine rings is 1. The number of fused-ring (bicyclic) bond motifs is 1. The second-order valence-corrected chi connectivity index (χ2v) is 10.6. The highest BCUT2D eigenvalue weighted by molar-refractivity contribution is 6.01. The number of carbonyl (C=O) groups is 2. The van der Waals surface area contributed by atoms with E-state index in [1.54, 1.807) is 23.2 Å². The van der Waals surface area contributed by atoms with Crippen molar-refractivity contribution in [2.24, 2.45) is 0 Å². The number of aromatic nitrogens is 1. The Kier molecular flexibility index (Phi) is 8.83. The summed E-state index contributed by atoms with van der Waals surface area (Å²) in [4.78, 5) is 58.2. The molecule has 1 aromatic heterocycles. The molecule has 0 aliphatic carbocycles. The van der Waals surface area contributed by atoms with E-state index in [1.807, 2.05) is 29.2 Å². The molecule has 2 heterocycles. The Hall–Kier alpha value is -5.66. The molecule has 4 aromatic rings. The van der Waals surface area contributed by atoms with Gasteiger partial charge in [0, 0.05) is 80.6 Å². The van der Waals surface area contributed by atoms with Crippen LogP contribution in [-0.2, 0) is 11.2 Å². The highest BCUT2D eigenvalue weighted by atomic mass is 16.6. The molecule has 45 heavy (non-hydrogen) atoms. The summed E-state index contributed by atoms with van der Waals surface area (Å²) in [6.45, 7) is 1.64. The summed E-state index contributed by atoms with van der Waals surface area (Å²) >= 11 is 0. The van der Waals surface area contributed by atoms with Crippen LogP contribution in [0.15, 0.2) is 66.9 Å². The number of rotatable bonds is 10. The van der Waals surface area contributed by atoms with Crippen molar-refractivity contribution in [1.29, 1.82) is 0 Å². The second kappa shape index (κ2) is 12.9. The van der Waals surface area contributed by atoms with Gasteiger partial charge in [0.1, 0.15) is 11.6 Å². The molecular weight excluding hydrogens is 584 g/mol. The highest BCUT2D eigenvalue weighted by Gasteiger charge is 2.36. The first kappa shape index (κ1) is 30.8. The minimum absolute atomic E-state index is 0.00453. The van der Waals surface area contributed by atoms with Gasteiger partial charge in [0.15, 0.2) is 11.5 Å². The third-order valence-electron chi connectivity index (χ3n) is 8.11. The van der Waals surface area contributed by atoms with Crippen molar-refractivity contribution in [3.63, 3.8) is 0 Å². The summed E-state index contributed by atoms with van der Waals surface area (Å²) in [5.41, 5.74) is 1.78. The lowest BCUT2D eigenvalue weighted by Crippen LogP contribution is -2.56. The van der Waals surface area contributed by atoms with E-state index in [0.29, 0.717) is 26.2 Å². The molecule has 0 spiro atoms. The molecule has 0 saturated carbocycles. The Labute approximate surface area is 258 Å². The molecule has 2 amide bonds. The number of amides is 2. The zero-order valence-electron chi connectivity index (χ0n) is 25.0. The van der Waals surface area contributed by atoms with E-state index in [2.05, 4.69) is 4.98 Å². The zero-order valence-corrected chi connectivity index (χ0v) is 25.0. The lowest BCUT2D eigenvalue weighted by molar-refractivity contribution is -0.385. The monoisotopic (exact) mass is 616 g/mol. The van der Waals surface area contributed by atoms with Gasteiger partial charge < -0.3 is 29.2 Å². The minimum atomic E-state index is -0.990. The average Bonchev–Trinajstić information content (AvgIpc) is 3.48. The maximum atomic E-state index is 14.2. The number of ether oxygens (including phenoxy) is 2. The second-order valence-electron chi connectivity index (χ2n) is 10.6. The predicted octanol–water partition coefficient (Wildman–Crippen LogP) is 4.03. The fraction of sp³-hybridized carbons (Fsp3) is 0.290. The number of H-pyrrole nitrogens is 1. The van der Waals surface area contributed by atoms with Gasteiger partial charge >= 0.3 is 0 Å². The first-order valence-electron chi connectivity index (χ1n) is 14.1. The van der Waals surface area contributed by atoms with Gasteiger partial charge in [-0.2, -0.15) is 0 Å². The molecule has 1 saturated heterocycles. The molecule has 3 aromatic carbocycles. The molecule has 234 valence electrons. The summed E-state index contributed by atoms with van der Waals surface area (Å²) < 4.78 is 10.5. The first-order valence-corrected chi connectivity index (χ1v) is 14.1. The van der Waals surface area contributed by atoms with E-state index in [4.69, 9.17) is 9.47 Å². The molecule has 14 heteroatoms. The number of anilines is 1. The van der Waals surface area contributed by atoms with Gasteiger partial charge in [0.2, 0.25) is 5.91 Å². The van der Waals surface area contributed by atoms with E-state index >= 15 is 0 Å². The van der Waals surface area contributed by atoms with Crippen LogP contribution >= 0.6 is 0 Å². The largest absolute Gasteiger partial charge is 0.493 e. The van der Waals surface area contributed by atoms with Crippen molar-refractivity contribution < 1.29 is 28.9 Å². The normalized spacial score (nSPS) is 13.8. The molecule has 0 radical (unpaired) electrons. The Morgan fingerprint density at radius 2 is 1.58 bits per heavy atom. The third kappa shape index (κ3) is 6.20. The van der Waals surface area contributed by atoms with Crippen LogP contribution < -0.4 is 14.4 Å². The molecule has 0 bridgehead atoms. The van der Waals surface area contributed by atoms with Crippen molar-refractivity contribution in [3.05, 3.63) is 98.2 Å². The minimum Gasteiger partial charge on any atom is -0.493 e. The molecule has 1 atom stereocenters. The number of non-ortho nitro benzene ring substituents is 1. The number of nitrogens with one attached hydrogen (secondary N) is 1. The molecule has 14 nitrogen and oxygen atoms in total. The average molecular weight is 617 g/mol. The first-order chi connectivity index (χ1) is 21.6. The van der Waals surface area contributed by atoms with Crippen molar-refractivity contribution in [3.8, 4) is 11.5 Å². The predicted molar refractivity (Wildman–Crippen MR) is 166 cm³/mol. The third-order valence-corrected chi connectivity index (χ3v) is 8.11. The topological polar surface area (TPSA) is 164 Å². The Balaban J connectivity index is 1.44. The van der Waals surface area contributed by atoms with E-state index < -0.39 is 27.5 Å². The number of benzene rings is 3. The zero-order chi connectivity index (χ0) is 32.2. The Morgan fingerprint density at radius 1 is 0.933 bits per heavy atom. The van der Waals surface area contributed by atoms with E-state index in [-0.39, 0.29) is 35.1 Å². The van der Waals surface area contributed by atoms with E-state index in [9.17, 15) is 29.8 Å². The molecule has 1 N–H and O–H groups in total.